The molecule has 0 unspecified atom stereocenters. The average molecular weight is 154 g/mol. The van der Waals surface area contributed by atoms with Crippen molar-refractivity contribution >= 4 is 17.0 Å². The first-order valence-corrected chi connectivity index (χ1v) is 3.78. The molecule has 0 atom stereocenters. The zero-order valence-corrected chi connectivity index (χ0v) is 6.62. The first kappa shape index (κ1) is 7.04. The average Bonchev–Trinajstić information content (AvgIpc) is 2.17. The molecule has 1 aromatic carbocycles. The molecular formula is C11H8N. The first-order chi connectivity index (χ1) is 5.90. The lowest BCUT2D eigenvalue weighted by Crippen LogP contribution is -1.78. The third-order valence-electron chi connectivity index (χ3n) is 1.81. The van der Waals surface area contributed by atoms with E-state index in [9.17, 15) is 0 Å². The Kier molecular flexibility index (Phi) is 1.63. The molecule has 0 N–H and O–H groups in total. The highest BCUT2D eigenvalue weighted by atomic mass is 14.6. The van der Waals surface area contributed by atoms with Crippen LogP contribution in [0.1, 0.15) is 5.56 Å². The van der Waals surface area contributed by atoms with Crippen LogP contribution in [0.4, 0.5) is 0 Å². The highest BCUT2D eigenvalue weighted by molar-refractivity contribution is 5.80. The number of pyridine rings is 1. The van der Waals surface area contributed by atoms with E-state index in [0.29, 0.717) is 0 Å². The van der Waals surface area contributed by atoms with E-state index in [1.165, 1.54) is 0 Å². The lowest BCUT2D eigenvalue weighted by molar-refractivity contribution is 1.40. The van der Waals surface area contributed by atoms with Gasteiger partial charge in [-0.2, -0.15) is 0 Å². The van der Waals surface area contributed by atoms with Crippen molar-refractivity contribution < 1.29 is 0 Å². The molecule has 0 saturated heterocycles. The third kappa shape index (κ3) is 1.10. The molecule has 0 saturated carbocycles. The van der Waals surface area contributed by atoms with Crippen LogP contribution < -0.4 is 0 Å². The molecule has 1 radical (unpaired) electrons. The van der Waals surface area contributed by atoms with E-state index < -0.39 is 0 Å². The number of benzene rings is 1. The summed E-state index contributed by atoms with van der Waals surface area (Å²) in [5, 5.41) is 1.11. The predicted molar refractivity (Wildman–Crippen MR) is 50.7 cm³/mol. The number of hydrogen-bond donors (Lipinski definition) is 0. The largest absolute Gasteiger partial charge is 0.256 e. The van der Waals surface area contributed by atoms with Crippen LogP contribution in [0, 0.1) is 6.07 Å². The van der Waals surface area contributed by atoms with Crippen LogP contribution in [0.5, 0.6) is 0 Å². The number of rotatable bonds is 1. The summed E-state index contributed by atoms with van der Waals surface area (Å²) in [4.78, 5) is 4.19. The van der Waals surface area contributed by atoms with Gasteiger partial charge in [0.25, 0.3) is 0 Å². The van der Waals surface area contributed by atoms with Gasteiger partial charge in [0.1, 0.15) is 0 Å². The Morgan fingerprint density at radius 1 is 1.42 bits per heavy atom. The molecule has 0 amide bonds. The second-order valence-corrected chi connectivity index (χ2v) is 2.59. The van der Waals surface area contributed by atoms with Crippen molar-refractivity contribution in [2.45, 2.75) is 0 Å². The van der Waals surface area contributed by atoms with Gasteiger partial charge in [-0.05, 0) is 17.7 Å². The molecular weight excluding hydrogens is 146 g/mol. The van der Waals surface area contributed by atoms with Crippen molar-refractivity contribution in [3.63, 3.8) is 0 Å². The van der Waals surface area contributed by atoms with E-state index in [1.807, 2.05) is 30.3 Å². The van der Waals surface area contributed by atoms with Gasteiger partial charge in [-0.3, -0.25) is 4.98 Å². The van der Waals surface area contributed by atoms with Gasteiger partial charge < -0.3 is 0 Å². The molecule has 1 heterocycles. The van der Waals surface area contributed by atoms with E-state index in [0.717, 1.165) is 16.5 Å². The van der Waals surface area contributed by atoms with Crippen LogP contribution in [-0.2, 0) is 0 Å². The summed E-state index contributed by atoms with van der Waals surface area (Å²) in [5.41, 5.74) is 2.09. The van der Waals surface area contributed by atoms with Gasteiger partial charge in [-0.1, -0.05) is 24.8 Å². The Morgan fingerprint density at radius 3 is 3.17 bits per heavy atom. The Balaban J connectivity index is 2.75. The summed E-state index contributed by atoms with van der Waals surface area (Å²) >= 11 is 0. The maximum absolute atomic E-state index is 4.19. The Bertz CT molecular complexity index is 418. The number of aromatic nitrogens is 1. The molecule has 0 bridgehead atoms. The SMILES string of the molecule is C=Cc1ccc2c[c]cnc2c1. The predicted octanol–water partition coefficient (Wildman–Crippen LogP) is 2.68. The molecule has 1 nitrogen and oxygen atoms in total. The lowest BCUT2D eigenvalue weighted by atomic mass is 10.1. The number of hydrogen-bond acceptors (Lipinski definition) is 1. The van der Waals surface area contributed by atoms with Gasteiger partial charge in [0.15, 0.2) is 0 Å². The topological polar surface area (TPSA) is 12.9 Å². The van der Waals surface area contributed by atoms with E-state index in [2.05, 4.69) is 17.6 Å². The molecule has 0 aliphatic heterocycles. The second-order valence-electron chi connectivity index (χ2n) is 2.59. The van der Waals surface area contributed by atoms with Crippen LogP contribution in [-0.4, -0.2) is 4.98 Å². The Hall–Kier alpha value is -1.63. The molecule has 0 aliphatic carbocycles. The summed E-state index contributed by atoms with van der Waals surface area (Å²) < 4.78 is 0. The van der Waals surface area contributed by atoms with Crippen molar-refractivity contribution in [2.75, 3.05) is 0 Å². The second kappa shape index (κ2) is 2.78. The van der Waals surface area contributed by atoms with Crippen LogP contribution >= 0.6 is 0 Å². The summed E-state index contributed by atoms with van der Waals surface area (Å²) in [6.07, 6.45) is 3.49. The van der Waals surface area contributed by atoms with Crippen molar-refractivity contribution in [1.29, 1.82) is 0 Å². The van der Waals surface area contributed by atoms with Crippen molar-refractivity contribution in [2.24, 2.45) is 0 Å². The van der Waals surface area contributed by atoms with Crippen LogP contribution in [0.3, 0.4) is 0 Å². The summed E-state index contributed by atoms with van der Waals surface area (Å²) in [5.74, 6) is 0. The van der Waals surface area contributed by atoms with Crippen molar-refractivity contribution in [3.8, 4) is 0 Å². The van der Waals surface area contributed by atoms with Gasteiger partial charge >= 0.3 is 0 Å². The minimum atomic E-state index is 0.992. The fourth-order valence-electron chi connectivity index (χ4n) is 1.16. The van der Waals surface area contributed by atoms with Gasteiger partial charge in [-0.15, -0.1) is 0 Å². The van der Waals surface area contributed by atoms with Gasteiger partial charge in [-0.25, -0.2) is 0 Å². The van der Waals surface area contributed by atoms with Crippen LogP contribution in [0.15, 0.2) is 37.0 Å². The van der Waals surface area contributed by atoms with E-state index in [4.69, 9.17) is 0 Å². The number of nitrogens with zero attached hydrogens (tertiary/aromatic N) is 1. The molecule has 0 aliphatic rings. The monoisotopic (exact) mass is 154 g/mol. The smallest absolute Gasteiger partial charge is 0.0708 e. The molecule has 1 heteroatoms. The summed E-state index contributed by atoms with van der Waals surface area (Å²) in [6, 6.07) is 10.9. The quantitative estimate of drug-likeness (QED) is 0.615. The van der Waals surface area contributed by atoms with E-state index in [-0.39, 0.29) is 0 Å². The van der Waals surface area contributed by atoms with Gasteiger partial charge in [0.05, 0.1) is 5.52 Å². The standard InChI is InChI=1S/C11H8N/c1-2-9-5-6-10-4-3-7-12-11(10)8-9/h2,4-8H,1H2. The fraction of sp³-hybridized carbons (Fsp3) is 0. The molecule has 0 fully saturated rings. The molecule has 12 heavy (non-hydrogen) atoms. The molecule has 2 aromatic rings. The fourth-order valence-corrected chi connectivity index (χ4v) is 1.16. The molecule has 57 valence electrons. The maximum Gasteiger partial charge on any atom is 0.0708 e. The third-order valence-corrected chi connectivity index (χ3v) is 1.81. The minimum Gasteiger partial charge on any atom is -0.256 e. The molecule has 2 rings (SSSR count). The Morgan fingerprint density at radius 2 is 2.33 bits per heavy atom. The zero-order chi connectivity index (χ0) is 8.39. The number of fused-ring (bicyclic) bond motifs is 1. The van der Waals surface area contributed by atoms with Crippen molar-refractivity contribution in [1.82, 2.24) is 4.98 Å². The first-order valence-electron chi connectivity index (χ1n) is 3.78. The van der Waals surface area contributed by atoms with Gasteiger partial charge in [0, 0.05) is 17.6 Å². The highest BCUT2D eigenvalue weighted by Gasteiger charge is 1.92. The van der Waals surface area contributed by atoms with E-state index >= 15 is 0 Å². The summed E-state index contributed by atoms with van der Waals surface area (Å²) in [7, 11) is 0. The van der Waals surface area contributed by atoms with Crippen LogP contribution in [0.25, 0.3) is 17.0 Å². The maximum atomic E-state index is 4.19. The normalized spacial score (nSPS) is 10.0. The lowest BCUT2D eigenvalue weighted by Gasteiger charge is -1.96. The highest BCUT2D eigenvalue weighted by Crippen LogP contribution is 2.13. The molecule has 0 spiro atoms. The zero-order valence-electron chi connectivity index (χ0n) is 6.62. The van der Waals surface area contributed by atoms with Crippen LogP contribution in [0.2, 0.25) is 0 Å². The Labute approximate surface area is 71.4 Å². The van der Waals surface area contributed by atoms with Crippen molar-refractivity contribution in [3.05, 3.63) is 48.7 Å². The van der Waals surface area contributed by atoms with E-state index in [1.54, 1.807) is 6.20 Å². The molecule has 1 aromatic heterocycles. The minimum absolute atomic E-state index is 0.992. The van der Waals surface area contributed by atoms with Gasteiger partial charge in [0.2, 0.25) is 0 Å². The summed E-state index contributed by atoms with van der Waals surface area (Å²) in [6.45, 7) is 3.70.